The van der Waals surface area contributed by atoms with Gasteiger partial charge in [-0.15, -0.1) is 0 Å². The molecule has 0 radical (unpaired) electrons. The molecular formula is C7H16OS. The Hall–Kier alpha value is 0.310. The maximum atomic E-state index is 8.58. The van der Waals surface area contributed by atoms with Gasteiger partial charge in [-0.3, -0.25) is 0 Å². The summed E-state index contributed by atoms with van der Waals surface area (Å²) in [5, 5.41) is 8.58. The molecule has 1 atom stereocenters. The highest BCUT2D eigenvalue weighted by atomic mass is 32.1. The Kier molecular flexibility index (Phi) is 4.32. The number of aliphatic hydroxyl groups excluding tert-OH is 1. The Morgan fingerprint density at radius 2 is 2.00 bits per heavy atom. The van der Waals surface area contributed by atoms with E-state index in [4.69, 9.17) is 5.11 Å². The summed E-state index contributed by atoms with van der Waals surface area (Å²) < 4.78 is 0.0451. The summed E-state index contributed by atoms with van der Waals surface area (Å²) in [6.45, 7) is 4.45. The molecule has 9 heavy (non-hydrogen) atoms. The summed E-state index contributed by atoms with van der Waals surface area (Å²) in [7, 11) is 0. The maximum absolute atomic E-state index is 8.58. The van der Waals surface area contributed by atoms with Crippen molar-refractivity contribution in [1.29, 1.82) is 0 Å². The normalized spacial score (nSPS) is 17.3. The Balaban J connectivity index is 3.43. The first-order chi connectivity index (χ1) is 4.12. The predicted molar refractivity (Wildman–Crippen MR) is 44.0 cm³/mol. The number of thiol groups is 1. The fraction of sp³-hybridized carbons (Fsp3) is 1.00. The van der Waals surface area contributed by atoms with Gasteiger partial charge in [0, 0.05) is 11.4 Å². The van der Waals surface area contributed by atoms with E-state index in [-0.39, 0.29) is 11.4 Å². The molecule has 0 rings (SSSR count). The van der Waals surface area contributed by atoms with Crippen LogP contribution >= 0.6 is 12.6 Å². The van der Waals surface area contributed by atoms with Gasteiger partial charge in [0.05, 0.1) is 0 Å². The number of hydrogen-bond acceptors (Lipinski definition) is 2. The van der Waals surface area contributed by atoms with Crippen molar-refractivity contribution in [2.45, 2.75) is 37.9 Å². The minimum atomic E-state index is 0.0451. The van der Waals surface area contributed by atoms with Crippen molar-refractivity contribution >= 4 is 12.6 Å². The highest BCUT2D eigenvalue weighted by Gasteiger charge is 2.15. The van der Waals surface area contributed by atoms with Crippen LogP contribution in [0.4, 0.5) is 0 Å². The third-order valence-corrected chi connectivity index (χ3v) is 1.89. The second-order valence-electron chi connectivity index (χ2n) is 2.72. The van der Waals surface area contributed by atoms with Gasteiger partial charge in [-0.25, -0.2) is 0 Å². The second-order valence-corrected chi connectivity index (χ2v) is 3.80. The first-order valence-corrected chi connectivity index (χ1v) is 3.90. The molecule has 0 aromatic heterocycles. The Labute approximate surface area is 62.9 Å². The van der Waals surface area contributed by atoms with Crippen molar-refractivity contribution in [3.05, 3.63) is 0 Å². The van der Waals surface area contributed by atoms with Crippen LogP contribution in [0.25, 0.3) is 0 Å². The van der Waals surface area contributed by atoms with Gasteiger partial charge >= 0.3 is 0 Å². The van der Waals surface area contributed by atoms with Gasteiger partial charge in [-0.1, -0.05) is 20.3 Å². The molecule has 1 nitrogen and oxygen atoms in total. The fourth-order valence-corrected chi connectivity index (χ4v) is 1.23. The lowest BCUT2D eigenvalue weighted by Gasteiger charge is -2.20. The third kappa shape index (κ3) is 4.79. The molecule has 0 amide bonds. The van der Waals surface area contributed by atoms with Gasteiger partial charge in [0.15, 0.2) is 0 Å². The van der Waals surface area contributed by atoms with Crippen LogP contribution in [0.15, 0.2) is 0 Å². The predicted octanol–water partition coefficient (Wildman–Crippen LogP) is 1.86. The first kappa shape index (κ1) is 9.31. The number of aliphatic hydroxyl groups is 1. The molecule has 0 fully saturated rings. The van der Waals surface area contributed by atoms with Gasteiger partial charge < -0.3 is 5.11 Å². The van der Waals surface area contributed by atoms with Crippen molar-refractivity contribution in [1.82, 2.24) is 0 Å². The van der Waals surface area contributed by atoms with E-state index in [0.717, 1.165) is 19.3 Å². The van der Waals surface area contributed by atoms with E-state index in [1.165, 1.54) is 0 Å². The van der Waals surface area contributed by atoms with Crippen LogP contribution < -0.4 is 0 Å². The van der Waals surface area contributed by atoms with Crippen LogP contribution in [-0.2, 0) is 0 Å². The molecule has 0 aliphatic rings. The summed E-state index contributed by atoms with van der Waals surface area (Å²) in [6.07, 6.45) is 3.01. The molecular weight excluding hydrogens is 132 g/mol. The molecule has 0 saturated heterocycles. The van der Waals surface area contributed by atoms with Crippen molar-refractivity contribution < 1.29 is 5.11 Å². The maximum Gasteiger partial charge on any atom is 0.0444 e. The summed E-state index contributed by atoms with van der Waals surface area (Å²) in [5.74, 6) is 0. The minimum absolute atomic E-state index is 0.0451. The van der Waals surface area contributed by atoms with E-state index in [0.29, 0.717) is 0 Å². The van der Waals surface area contributed by atoms with Crippen molar-refractivity contribution in [2.24, 2.45) is 0 Å². The van der Waals surface area contributed by atoms with Gasteiger partial charge in [-0.05, 0) is 12.8 Å². The van der Waals surface area contributed by atoms with Crippen molar-refractivity contribution in [3.63, 3.8) is 0 Å². The molecule has 0 aromatic carbocycles. The van der Waals surface area contributed by atoms with Gasteiger partial charge in [0.1, 0.15) is 0 Å². The van der Waals surface area contributed by atoms with Crippen LogP contribution in [-0.4, -0.2) is 16.5 Å². The average molecular weight is 148 g/mol. The molecule has 2 heteroatoms. The molecule has 0 aliphatic heterocycles. The Bertz CT molecular complexity index is 63.3. The highest BCUT2D eigenvalue weighted by Crippen LogP contribution is 2.23. The zero-order chi connectivity index (χ0) is 7.33. The van der Waals surface area contributed by atoms with Gasteiger partial charge in [0.2, 0.25) is 0 Å². The molecule has 0 heterocycles. The Morgan fingerprint density at radius 3 is 2.33 bits per heavy atom. The van der Waals surface area contributed by atoms with E-state index in [1.54, 1.807) is 0 Å². The van der Waals surface area contributed by atoms with E-state index < -0.39 is 0 Å². The van der Waals surface area contributed by atoms with E-state index in [9.17, 15) is 0 Å². The fourth-order valence-electron chi connectivity index (χ4n) is 0.904. The van der Waals surface area contributed by atoms with Gasteiger partial charge in [-0.2, -0.15) is 12.6 Å². The quantitative estimate of drug-likeness (QED) is 0.583. The zero-order valence-corrected chi connectivity index (χ0v) is 7.12. The van der Waals surface area contributed by atoms with Crippen LogP contribution in [0.5, 0.6) is 0 Å². The topological polar surface area (TPSA) is 20.2 Å². The van der Waals surface area contributed by atoms with Crippen molar-refractivity contribution in [3.8, 4) is 0 Å². The largest absolute Gasteiger partial charge is 0.396 e. The van der Waals surface area contributed by atoms with Crippen LogP contribution in [0.1, 0.15) is 33.1 Å². The summed E-state index contributed by atoms with van der Waals surface area (Å²) in [6, 6.07) is 0. The standard InChI is InChI=1S/C7H16OS/c1-3-4-7(2,9)5-6-8/h8-9H,3-6H2,1-2H3/t7-/m0/s1. The molecule has 0 aromatic rings. The summed E-state index contributed by atoms with van der Waals surface area (Å²) >= 11 is 4.39. The second kappa shape index (κ2) is 4.18. The SMILES string of the molecule is CCC[C@](C)(S)CCO. The van der Waals surface area contributed by atoms with Gasteiger partial charge in [0.25, 0.3) is 0 Å². The Morgan fingerprint density at radius 1 is 1.44 bits per heavy atom. The smallest absolute Gasteiger partial charge is 0.0444 e. The van der Waals surface area contributed by atoms with E-state index in [1.807, 2.05) is 0 Å². The van der Waals surface area contributed by atoms with Crippen LogP contribution in [0.2, 0.25) is 0 Å². The summed E-state index contributed by atoms with van der Waals surface area (Å²) in [4.78, 5) is 0. The summed E-state index contributed by atoms with van der Waals surface area (Å²) in [5.41, 5.74) is 0. The molecule has 0 saturated carbocycles. The first-order valence-electron chi connectivity index (χ1n) is 3.45. The average Bonchev–Trinajstić information content (AvgIpc) is 1.64. The lowest BCUT2D eigenvalue weighted by molar-refractivity contribution is 0.268. The van der Waals surface area contributed by atoms with E-state index in [2.05, 4.69) is 26.5 Å². The van der Waals surface area contributed by atoms with Crippen LogP contribution in [0, 0.1) is 0 Å². The van der Waals surface area contributed by atoms with Crippen LogP contribution in [0.3, 0.4) is 0 Å². The molecule has 56 valence electrons. The molecule has 0 unspecified atom stereocenters. The van der Waals surface area contributed by atoms with Crippen molar-refractivity contribution in [2.75, 3.05) is 6.61 Å². The third-order valence-electron chi connectivity index (χ3n) is 1.44. The number of rotatable bonds is 4. The molecule has 0 aliphatic carbocycles. The molecule has 0 spiro atoms. The zero-order valence-electron chi connectivity index (χ0n) is 6.22. The molecule has 0 bridgehead atoms. The molecule has 1 N–H and O–H groups in total. The minimum Gasteiger partial charge on any atom is -0.396 e. The number of hydrogen-bond donors (Lipinski definition) is 2. The highest BCUT2D eigenvalue weighted by molar-refractivity contribution is 7.81. The monoisotopic (exact) mass is 148 g/mol. The lowest BCUT2D eigenvalue weighted by Crippen LogP contribution is -2.17. The lowest BCUT2D eigenvalue weighted by atomic mass is 10.0. The van der Waals surface area contributed by atoms with E-state index >= 15 is 0 Å².